The van der Waals surface area contributed by atoms with Gasteiger partial charge in [0.1, 0.15) is 17.3 Å². The zero-order valence-electron chi connectivity index (χ0n) is 14.7. The van der Waals surface area contributed by atoms with E-state index < -0.39 is 23.8 Å². The van der Waals surface area contributed by atoms with E-state index in [0.717, 1.165) is 12.1 Å². The van der Waals surface area contributed by atoms with Crippen molar-refractivity contribution >= 4 is 11.7 Å². The molecule has 0 saturated carbocycles. The van der Waals surface area contributed by atoms with Crippen molar-refractivity contribution in [2.45, 2.75) is 25.1 Å². The lowest BCUT2D eigenvalue weighted by Gasteiger charge is -2.15. The Balaban J connectivity index is 1.93. The Bertz CT molecular complexity index is 779. The van der Waals surface area contributed by atoms with Crippen LogP contribution in [0.1, 0.15) is 30.1 Å². The quantitative estimate of drug-likeness (QED) is 0.763. The van der Waals surface area contributed by atoms with Gasteiger partial charge in [0.15, 0.2) is 0 Å². The summed E-state index contributed by atoms with van der Waals surface area (Å²) in [5, 5.41) is 12.7. The third-order valence-corrected chi connectivity index (χ3v) is 3.80. The predicted octanol–water partition coefficient (Wildman–Crippen LogP) is 3.57. The Morgan fingerprint density at radius 1 is 1.22 bits per heavy atom. The average molecular weight is 384 g/mol. The molecule has 0 aliphatic rings. The van der Waals surface area contributed by atoms with Gasteiger partial charge < -0.3 is 19.9 Å². The fraction of sp³-hybridized carbons (Fsp3) is 0.333. The summed E-state index contributed by atoms with van der Waals surface area (Å²) in [5.74, 6) is 0.513. The number of rotatable bonds is 7. The number of hydrogen-bond donors (Lipinski definition) is 2. The topological polar surface area (TPSA) is 80.7 Å². The lowest BCUT2D eigenvalue weighted by molar-refractivity contribution is -0.137. The molecule has 1 heterocycles. The number of carbonyl (C=O) groups excluding carboxylic acids is 1. The zero-order valence-corrected chi connectivity index (χ0v) is 14.7. The van der Waals surface area contributed by atoms with Crippen LogP contribution in [0.3, 0.4) is 0 Å². The first-order valence-electron chi connectivity index (χ1n) is 7.97. The Kier molecular flexibility index (Phi) is 6.62. The van der Waals surface area contributed by atoms with Crippen LogP contribution in [0.4, 0.5) is 19.0 Å². The SMILES string of the molecule is COc1ccc(C(O)CCC(=O)Nc2ccc(C(F)(F)F)cn2)c(OC)c1. The summed E-state index contributed by atoms with van der Waals surface area (Å²) in [6, 6.07) is 6.82. The molecule has 1 amide bonds. The van der Waals surface area contributed by atoms with Gasteiger partial charge >= 0.3 is 6.18 Å². The van der Waals surface area contributed by atoms with E-state index in [2.05, 4.69) is 10.3 Å². The van der Waals surface area contributed by atoms with Gasteiger partial charge in [0.05, 0.1) is 25.9 Å². The van der Waals surface area contributed by atoms with Crippen molar-refractivity contribution in [1.82, 2.24) is 4.98 Å². The number of aliphatic hydroxyl groups excluding tert-OH is 1. The number of benzene rings is 1. The van der Waals surface area contributed by atoms with Crippen molar-refractivity contribution in [3.05, 3.63) is 47.7 Å². The van der Waals surface area contributed by atoms with E-state index in [1.54, 1.807) is 18.2 Å². The van der Waals surface area contributed by atoms with Crippen LogP contribution < -0.4 is 14.8 Å². The van der Waals surface area contributed by atoms with Crippen molar-refractivity contribution in [3.63, 3.8) is 0 Å². The standard InChI is InChI=1S/C18H19F3N2O4/c1-26-12-4-5-13(15(9-12)27-2)14(24)6-8-17(25)23-16-7-3-11(10-22-16)18(19,20)21/h3-5,7,9-10,14,24H,6,8H2,1-2H3,(H,22,23,25). The second-order valence-electron chi connectivity index (χ2n) is 5.64. The van der Waals surface area contributed by atoms with E-state index in [-0.39, 0.29) is 18.7 Å². The number of amides is 1. The summed E-state index contributed by atoms with van der Waals surface area (Å²) in [7, 11) is 2.96. The molecule has 1 aromatic carbocycles. The fourth-order valence-electron chi connectivity index (χ4n) is 2.36. The largest absolute Gasteiger partial charge is 0.497 e. The van der Waals surface area contributed by atoms with Crippen molar-refractivity contribution in [1.29, 1.82) is 0 Å². The molecule has 1 aromatic heterocycles. The van der Waals surface area contributed by atoms with Gasteiger partial charge in [-0.3, -0.25) is 4.79 Å². The van der Waals surface area contributed by atoms with E-state index in [0.29, 0.717) is 23.3 Å². The number of ether oxygens (including phenoxy) is 2. The zero-order chi connectivity index (χ0) is 20.0. The summed E-state index contributed by atoms with van der Waals surface area (Å²) >= 11 is 0. The molecule has 2 N–H and O–H groups in total. The van der Waals surface area contributed by atoms with Crippen LogP contribution in [0.25, 0.3) is 0 Å². The molecule has 27 heavy (non-hydrogen) atoms. The maximum atomic E-state index is 12.5. The van der Waals surface area contributed by atoms with Crippen LogP contribution in [0.5, 0.6) is 11.5 Å². The lowest BCUT2D eigenvalue weighted by Crippen LogP contribution is -2.14. The average Bonchev–Trinajstić information content (AvgIpc) is 2.65. The van der Waals surface area contributed by atoms with Crippen molar-refractivity contribution in [3.8, 4) is 11.5 Å². The summed E-state index contributed by atoms with van der Waals surface area (Å²) in [5.41, 5.74) is -0.402. The molecule has 0 radical (unpaired) electrons. The minimum absolute atomic E-state index is 0.00418. The van der Waals surface area contributed by atoms with Crippen LogP contribution in [-0.2, 0) is 11.0 Å². The number of nitrogens with zero attached hydrogens (tertiary/aromatic N) is 1. The number of aliphatic hydroxyl groups is 1. The monoisotopic (exact) mass is 384 g/mol. The highest BCUT2D eigenvalue weighted by molar-refractivity contribution is 5.89. The molecular weight excluding hydrogens is 365 g/mol. The van der Waals surface area contributed by atoms with Gasteiger partial charge in [-0.1, -0.05) is 0 Å². The Hall–Kier alpha value is -2.81. The number of pyridine rings is 1. The van der Waals surface area contributed by atoms with Crippen molar-refractivity contribution in [2.75, 3.05) is 19.5 Å². The number of hydrogen-bond acceptors (Lipinski definition) is 5. The van der Waals surface area contributed by atoms with Crippen LogP contribution in [0.15, 0.2) is 36.5 Å². The number of anilines is 1. The number of aromatic nitrogens is 1. The molecule has 0 aliphatic carbocycles. The molecule has 6 nitrogen and oxygen atoms in total. The number of nitrogens with one attached hydrogen (secondary N) is 1. The van der Waals surface area contributed by atoms with E-state index in [1.807, 2.05) is 0 Å². The Labute approximate surface area is 153 Å². The minimum Gasteiger partial charge on any atom is -0.497 e. The van der Waals surface area contributed by atoms with Gasteiger partial charge in [-0.2, -0.15) is 13.2 Å². The molecule has 1 atom stereocenters. The van der Waals surface area contributed by atoms with E-state index in [4.69, 9.17) is 9.47 Å². The van der Waals surface area contributed by atoms with E-state index >= 15 is 0 Å². The maximum Gasteiger partial charge on any atom is 0.417 e. The molecule has 0 aliphatic heterocycles. The minimum atomic E-state index is -4.49. The van der Waals surface area contributed by atoms with Crippen LogP contribution in [0, 0.1) is 0 Å². The number of carbonyl (C=O) groups is 1. The van der Waals surface area contributed by atoms with Gasteiger partial charge in [0.25, 0.3) is 0 Å². The highest BCUT2D eigenvalue weighted by Crippen LogP contribution is 2.32. The van der Waals surface area contributed by atoms with Gasteiger partial charge in [0.2, 0.25) is 5.91 Å². The lowest BCUT2D eigenvalue weighted by atomic mass is 10.0. The number of halogens is 3. The summed E-state index contributed by atoms with van der Waals surface area (Å²) in [4.78, 5) is 15.5. The molecule has 2 aromatic rings. The highest BCUT2D eigenvalue weighted by atomic mass is 19.4. The molecule has 2 rings (SSSR count). The van der Waals surface area contributed by atoms with Crippen LogP contribution in [-0.4, -0.2) is 30.2 Å². The predicted molar refractivity (Wildman–Crippen MR) is 91.6 cm³/mol. The molecular formula is C18H19F3N2O4. The van der Waals surface area contributed by atoms with Crippen LogP contribution >= 0.6 is 0 Å². The first-order chi connectivity index (χ1) is 12.7. The van der Waals surface area contributed by atoms with Gasteiger partial charge in [-0.05, 0) is 30.7 Å². The summed E-state index contributed by atoms with van der Waals surface area (Å²) in [6.07, 6.45) is -4.77. The fourth-order valence-corrected chi connectivity index (χ4v) is 2.36. The highest BCUT2D eigenvalue weighted by Gasteiger charge is 2.30. The van der Waals surface area contributed by atoms with Crippen LogP contribution in [0.2, 0.25) is 0 Å². The molecule has 0 bridgehead atoms. The summed E-state index contributed by atoms with van der Waals surface area (Å²) in [6.45, 7) is 0. The second kappa shape index (κ2) is 8.72. The second-order valence-corrected chi connectivity index (χ2v) is 5.64. The third-order valence-electron chi connectivity index (χ3n) is 3.80. The summed E-state index contributed by atoms with van der Waals surface area (Å²) < 4.78 is 47.8. The normalized spacial score (nSPS) is 12.4. The Morgan fingerprint density at radius 3 is 2.52 bits per heavy atom. The maximum absolute atomic E-state index is 12.5. The first kappa shape index (κ1) is 20.5. The third kappa shape index (κ3) is 5.58. The van der Waals surface area contributed by atoms with E-state index in [1.165, 1.54) is 14.2 Å². The van der Waals surface area contributed by atoms with Gasteiger partial charge in [0, 0.05) is 24.2 Å². The number of methoxy groups -OCH3 is 2. The molecule has 1 unspecified atom stereocenters. The van der Waals surface area contributed by atoms with Crippen molar-refractivity contribution < 1.29 is 32.5 Å². The first-order valence-corrected chi connectivity index (χ1v) is 7.97. The smallest absolute Gasteiger partial charge is 0.417 e. The van der Waals surface area contributed by atoms with E-state index in [9.17, 15) is 23.1 Å². The Morgan fingerprint density at radius 2 is 1.96 bits per heavy atom. The molecule has 0 fully saturated rings. The van der Waals surface area contributed by atoms with Gasteiger partial charge in [-0.15, -0.1) is 0 Å². The number of alkyl halides is 3. The molecule has 0 saturated heterocycles. The van der Waals surface area contributed by atoms with Gasteiger partial charge in [-0.25, -0.2) is 4.98 Å². The molecule has 9 heteroatoms. The molecule has 0 spiro atoms. The molecule has 146 valence electrons. The van der Waals surface area contributed by atoms with Crippen molar-refractivity contribution in [2.24, 2.45) is 0 Å².